The number of carbonyl (C=O) groups excluding carboxylic acids is 2. The minimum absolute atomic E-state index is 0.0378. The SMILES string of the molecule is O=C(COC(=O)c1cc2ccccc2s1)Nc1ccc(Cl)c([N+](=O)[O-])c1. The van der Waals surface area contributed by atoms with Crippen LogP contribution in [0.4, 0.5) is 11.4 Å². The maximum Gasteiger partial charge on any atom is 0.348 e. The zero-order valence-electron chi connectivity index (χ0n) is 13.1. The van der Waals surface area contributed by atoms with Crippen LogP contribution in [0.25, 0.3) is 10.1 Å². The molecular formula is C17H11ClN2O5S. The Kier molecular flexibility index (Phi) is 5.15. The maximum absolute atomic E-state index is 12.1. The Morgan fingerprint density at radius 3 is 2.69 bits per heavy atom. The van der Waals surface area contributed by atoms with Crippen molar-refractivity contribution in [3.05, 3.63) is 68.5 Å². The van der Waals surface area contributed by atoms with Crippen molar-refractivity contribution in [2.24, 2.45) is 0 Å². The number of hydrogen-bond donors (Lipinski definition) is 1. The quantitative estimate of drug-likeness (QED) is 0.398. The summed E-state index contributed by atoms with van der Waals surface area (Å²) in [6.07, 6.45) is 0. The molecule has 0 aliphatic heterocycles. The number of thiophene rings is 1. The molecule has 0 radical (unpaired) electrons. The van der Waals surface area contributed by atoms with Gasteiger partial charge in [-0.2, -0.15) is 0 Å². The summed E-state index contributed by atoms with van der Waals surface area (Å²) in [5, 5.41) is 14.1. The molecule has 0 atom stereocenters. The molecule has 0 saturated heterocycles. The van der Waals surface area contributed by atoms with E-state index in [0.717, 1.165) is 16.2 Å². The zero-order chi connectivity index (χ0) is 18.7. The number of nitro benzene ring substituents is 1. The Labute approximate surface area is 156 Å². The fraction of sp³-hybridized carbons (Fsp3) is 0.0588. The zero-order valence-corrected chi connectivity index (χ0v) is 14.7. The van der Waals surface area contributed by atoms with Crippen molar-refractivity contribution < 1.29 is 19.2 Å². The van der Waals surface area contributed by atoms with Crippen LogP contribution in [-0.4, -0.2) is 23.4 Å². The highest BCUT2D eigenvalue weighted by Crippen LogP contribution is 2.27. The number of ether oxygens (including phenoxy) is 1. The number of benzene rings is 2. The van der Waals surface area contributed by atoms with E-state index in [4.69, 9.17) is 16.3 Å². The van der Waals surface area contributed by atoms with E-state index >= 15 is 0 Å². The van der Waals surface area contributed by atoms with Gasteiger partial charge in [0.05, 0.1) is 4.92 Å². The predicted molar refractivity (Wildman–Crippen MR) is 98.8 cm³/mol. The van der Waals surface area contributed by atoms with Crippen LogP contribution in [0.15, 0.2) is 48.5 Å². The summed E-state index contributed by atoms with van der Waals surface area (Å²) in [4.78, 5) is 34.5. The third-order valence-electron chi connectivity index (χ3n) is 3.39. The second-order valence-corrected chi connectivity index (χ2v) is 6.69. The molecule has 0 spiro atoms. The Hall–Kier alpha value is -2.97. The molecule has 0 fully saturated rings. The van der Waals surface area contributed by atoms with Gasteiger partial charge in [-0.05, 0) is 29.7 Å². The van der Waals surface area contributed by atoms with Gasteiger partial charge in [0.15, 0.2) is 6.61 Å². The predicted octanol–water partition coefficient (Wildman–Crippen LogP) is 4.26. The Balaban J connectivity index is 1.61. The largest absolute Gasteiger partial charge is 0.451 e. The molecule has 1 heterocycles. The smallest absolute Gasteiger partial charge is 0.348 e. The lowest BCUT2D eigenvalue weighted by molar-refractivity contribution is -0.384. The summed E-state index contributed by atoms with van der Waals surface area (Å²) in [6, 6.07) is 13.0. The van der Waals surface area contributed by atoms with Crippen molar-refractivity contribution >= 4 is 56.3 Å². The Morgan fingerprint density at radius 2 is 1.96 bits per heavy atom. The minimum Gasteiger partial charge on any atom is -0.451 e. The molecule has 0 saturated carbocycles. The van der Waals surface area contributed by atoms with Crippen LogP contribution in [0.1, 0.15) is 9.67 Å². The molecule has 3 rings (SSSR count). The molecule has 26 heavy (non-hydrogen) atoms. The number of esters is 1. The van der Waals surface area contributed by atoms with Crippen molar-refractivity contribution in [1.82, 2.24) is 0 Å². The molecule has 7 nitrogen and oxygen atoms in total. The van der Waals surface area contributed by atoms with Crippen LogP contribution in [0.3, 0.4) is 0 Å². The first-order valence-corrected chi connectivity index (χ1v) is 8.53. The molecular weight excluding hydrogens is 380 g/mol. The summed E-state index contributed by atoms with van der Waals surface area (Å²) in [5.41, 5.74) is -0.143. The van der Waals surface area contributed by atoms with Crippen molar-refractivity contribution in [2.45, 2.75) is 0 Å². The van der Waals surface area contributed by atoms with Gasteiger partial charge in [0.2, 0.25) is 0 Å². The maximum atomic E-state index is 12.1. The van der Waals surface area contributed by atoms with Crippen molar-refractivity contribution in [1.29, 1.82) is 0 Å². The molecule has 2 aromatic carbocycles. The molecule has 1 amide bonds. The summed E-state index contributed by atoms with van der Waals surface area (Å²) in [5.74, 6) is -1.22. The van der Waals surface area contributed by atoms with E-state index < -0.39 is 23.4 Å². The number of nitrogens with zero attached hydrogens (tertiary/aromatic N) is 1. The van der Waals surface area contributed by atoms with E-state index in [9.17, 15) is 19.7 Å². The molecule has 132 valence electrons. The summed E-state index contributed by atoms with van der Waals surface area (Å²) < 4.78 is 5.93. The minimum atomic E-state index is -0.653. The Bertz CT molecular complexity index is 984. The first-order chi connectivity index (χ1) is 12.4. The average molecular weight is 391 g/mol. The van der Waals surface area contributed by atoms with Gasteiger partial charge in [-0.1, -0.05) is 29.8 Å². The number of halogens is 1. The van der Waals surface area contributed by atoms with Crippen molar-refractivity contribution in [3.8, 4) is 0 Å². The standard InChI is InChI=1S/C17H11ClN2O5S/c18-12-6-5-11(8-13(12)20(23)24)19-16(21)9-25-17(22)15-7-10-3-1-2-4-14(10)26-15/h1-8H,9H2,(H,19,21). The van der Waals surface area contributed by atoms with Crippen molar-refractivity contribution in [2.75, 3.05) is 11.9 Å². The van der Waals surface area contributed by atoms with Crippen molar-refractivity contribution in [3.63, 3.8) is 0 Å². The van der Waals surface area contributed by atoms with Crippen LogP contribution in [0.5, 0.6) is 0 Å². The van der Waals surface area contributed by atoms with Gasteiger partial charge in [-0.3, -0.25) is 14.9 Å². The number of hydrogen-bond acceptors (Lipinski definition) is 6. The molecule has 9 heteroatoms. The number of amides is 1. The molecule has 1 aromatic heterocycles. The van der Waals surface area contributed by atoms with Gasteiger partial charge in [0, 0.05) is 16.5 Å². The lowest BCUT2D eigenvalue weighted by atomic mass is 10.2. The van der Waals surface area contributed by atoms with Crippen LogP contribution >= 0.6 is 22.9 Å². The van der Waals surface area contributed by atoms with Crippen LogP contribution in [0.2, 0.25) is 5.02 Å². The van der Waals surface area contributed by atoms with Gasteiger partial charge in [0.25, 0.3) is 11.6 Å². The second-order valence-electron chi connectivity index (χ2n) is 5.20. The van der Waals surface area contributed by atoms with E-state index in [2.05, 4.69) is 5.32 Å². The number of rotatable bonds is 5. The first kappa shape index (κ1) is 17.8. The summed E-state index contributed by atoms with van der Waals surface area (Å²) in [7, 11) is 0. The Morgan fingerprint density at radius 1 is 1.19 bits per heavy atom. The average Bonchev–Trinajstić information content (AvgIpc) is 3.05. The number of anilines is 1. The van der Waals surface area contributed by atoms with Crippen LogP contribution in [-0.2, 0) is 9.53 Å². The van der Waals surface area contributed by atoms with Gasteiger partial charge in [-0.15, -0.1) is 11.3 Å². The lowest BCUT2D eigenvalue weighted by Gasteiger charge is -2.06. The number of nitro groups is 1. The number of carbonyl (C=O) groups is 2. The molecule has 1 N–H and O–H groups in total. The summed E-state index contributed by atoms with van der Waals surface area (Å²) >= 11 is 6.98. The monoisotopic (exact) mass is 390 g/mol. The van der Waals surface area contributed by atoms with E-state index in [1.165, 1.54) is 23.5 Å². The van der Waals surface area contributed by atoms with Gasteiger partial charge in [-0.25, -0.2) is 4.79 Å². The third kappa shape index (κ3) is 3.98. The normalized spacial score (nSPS) is 10.5. The van der Waals surface area contributed by atoms with Gasteiger partial charge < -0.3 is 10.1 Å². The fourth-order valence-electron chi connectivity index (χ4n) is 2.21. The molecule has 0 aliphatic rings. The topological polar surface area (TPSA) is 98.5 Å². The number of nitrogens with one attached hydrogen (secondary N) is 1. The highest BCUT2D eigenvalue weighted by Gasteiger charge is 2.16. The van der Waals surface area contributed by atoms with Gasteiger partial charge in [0.1, 0.15) is 9.90 Å². The first-order valence-electron chi connectivity index (χ1n) is 7.33. The second kappa shape index (κ2) is 7.51. The molecule has 0 bridgehead atoms. The van der Waals surface area contributed by atoms with E-state index in [-0.39, 0.29) is 16.4 Å². The molecule has 0 aliphatic carbocycles. The molecule has 3 aromatic rings. The van der Waals surface area contributed by atoms with Crippen LogP contribution in [0, 0.1) is 10.1 Å². The van der Waals surface area contributed by atoms with E-state index in [1.54, 1.807) is 6.07 Å². The molecule has 0 unspecified atom stereocenters. The summed E-state index contributed by atoms with van der Waals surface area (Å²) in [6.45, 7) is -0.510. The van der Waals surface area contributed by atoms with Crippen LogP contribution < -0.4 is 5.32 Å². The van der Waals surface area contributed by atoms with E-state index in [1.807, 2.05) is 24.3 Å². The van der Waals surface area contributed by atoms with Gasteiger partial charge >= 0.3 is 5.97 Å². The lowest BCUT2D eigenvalue weighted by Crippen LogP contribution is -2.20. The highest BCUT2D eigenvalue weighted by molar-refractivity contribution is 7.20. The highest BCUT2D eigenvalue weighted by atomic mass is 35.5. The third-order valence-corrected chi connectivity index (χ3v) is 4.80. The van der Waals surface area contributed by atoms with E-state index in [0.29, 0.717) is 4.88 Å². The number of fused-ring (bicyclic) bond motifs is 1. The fourth-order valence-corrected chi connectivity index (χ4v) is 3.36.